The Morgan fingerprint density at radius 3 is 2.46 bits per heavy atom. The van der Waals surface area contributed by atoms with E-state index in [1.165, 1.54) is 5.69 Å². The number of amides is 1. The van der Waals surface area contributed by atoms with Gasteiger partial charge < -0.3 is 19.8 Å². The molecule has 0 aromatic heterocycles. The minimum absolute atomic E-state index is 0.103. The summed E-state index contributed by atoms with van der Waals surface area (Å²) in [5.74, 6) is 0.103. The summed E-state index contributed by atoms with van der Waals surface area (Å²) in [6.45, 7) is 3.23. The first-order chi connectivity index (χ1) is 12.7. The lowest BCUT2D eigenvalue weighted by atomic mass is 10.1. The molecule has 1 amide bonds. The normalized spacial score (nSPS) is 20.0. The second-order valence-corrected chi connectivity index (χ2v) is 7.03. The minimum Gasteiger partial charge on any atom is -0.391 e. The van der Waals surface area contributed by atoms with Crippen LogP contribution in [-0.4, -0.2) is 54.7 Å². The van der Waals surface area contributed by atoms with Gasteiger partial charge in [0, 0.05) is 31.9 Å². The van der Waals surface area contributed by atoms with Gasteiger partial charge in [-0.25, -0.2) is 0 Å². The van der Waals surface area contributed by atoms with Gasteiger partial charge in [0.05, 0.1) is 24.0 Å². The van der Waals surface area contributed by atoms with Crippen molar-refractivity contribution in [2.75, 3.05) is 42.5 Å². The second kappa shape index (κ2) is 7.38. The van der Waals surface area contributed by atoms with Gasteiger partial charge in [0.2, 0.25) is 5.91 Å². The number of carbonyl (C=O) groups is 1. The number of rotatable bonds is 3. The fourth-order valence-corrected chi connectivity index (χ4v) is 3.91. The van der Waals surface area contributed by atoms with E-state index in [1.807, 2.05) is 18.2 Å². The number of anilines is 3. The summed E-state index contributed by atoms with van der Waals surface area (Å²) in [5, 5.41) is 9.84. The average molecular weight is 351 g/mol. The van der Waals surface area contributed by atoms with E-state index in [-0.39, 0.29) is 12.0 Å². The van der Waals surface area contributed by atoms with Crippen LogP contribution in [0.5, 0.6) is 0 Å². The lowest BCUT2D eigenvalue weighted by Crippen LogP contribution is -2.49. The molecule has 1 fully saturated rings. The molecule has 4 rings (SSSR count). The van der Waals surface area contributed by atoms with E-state index in [2.05, 4.69) is 46.2 Å². The molecule has 2 aromatic carbocycles. The van der Waals surface area contributed by atoms with Crippen LogP contribution in [0.15, 0.2) is 54.6 Å². The fraction of sp³-hybridized carbons (Fsp3) is 0.381. The van der Waals surface area contributed by atoms with E-state index in [0.717, 1.165) is 43.9 Å². The molecule has 1 saturated heterocycles. The molecule has 2 heterocycles. The summed E-state index contributed by atoms with van der Waals surface area (Å²) >= 11 is 0. The van der Waals surface area contributed by atoms with Gasteiger partial charge >= 0.3 is 0 Å². The maximum Gasteiger partial charge on any atom is 0.242 e. The molecule has 0 aliphatic carbocycles. The molecule has 26 heavy (non-hydrogen) atoms. The Morgan fingerprint density at radius 2 is 1.69 bits per heavy atom. The molecule has 1 atom stereocenters. The maximum atomic E-state index is 12.7. The first kappa shape index (κ1) is 16.9. The lowest BCUT2D eigenvalue weighted by molar-refractivity contribution is -0.132. The van der Waals surface area contributed by atoms with E-state index in [1.54, 1.807) is 4.90 Å². The maximum absolute atomic E-state index is 12.7. The van der Waals surface area contributed by atoms with E-state index in [0.29, 0.717) is 13.1 Å². The van der Waals surface area contributed by atoms with Crippen molar-refractivity contribution in [2.24, 2.45) is 0 Å². The van der Waals surface area contributed by atoms with Crippen LogP contribution in [0.2, 0.25) is 0 Å². The standard InChI is InChI=1S/C21H25N3O2/c25-18-9-6-12-23(15-18)21(26)16-22-13-14-24(17-7-2-1-3-8-17)20-11-5-4-10-19(20)22/h1-5,7-8,10-11,18,25H,6,9,12-16H2. The van der Waals surface area contributed by atoms with Crippen molar-refractivity contribution in [3.63, 3.8) is 0 Å². The zero-order chi connectivity index (χ0) is 17.9. The highest BCUT2D eigenvalue weighted by atomic mass is 16.3. The summed E-state index contributed by atoms with van der Waals surface area (Å²) in [6.07, 6.45) is 1.29. The Hall–Kier alpha value is -2.53. The number of fused-ring (bicyclic) bond motifs is 1. The topological polar surface area (TPSA) is 47.0 Å². The predicted octanol–water partition coefficient (Wildman–Crippen LogP) is 2.63. The fourth-order valence-electron chi connectivity index (χ4n) is 3.91. The van der Waals surface area contributed by atoms with Crippen molar-refractivity contribution in [3.8, 4) is 0 Å². The van der Waals surface area contributed by atoms with Crippen LogP contribution in [0.3, 0.4) is 0 Å². The van der Waals surface area contributed by atoms with Crippen molar-refractivity contribution in [1.82, 2.24) is 4.90 Å². The monoisotopic (exact) mass is 351 g/mol. The first-order valence-electron chi connectivity index (χ1n) is 9.35. The molecule has 0 radical (unpaired) electrons. The number of likely N-dealkylation sites (tertiary alicyclic amines) is 1. The highest BCUT2D eigenvalue weighted by Crippen LogP contribution is 2.37. The van der Waals surface area contributed by atoms with Crippen molar-refractivity contribution in [1.29, 1.82) is 0 Å². The number of hydrogen-bond donors (Lipinski definition) is 1. The van der Waals surface area contributed by atoms with Gasteiger partial charge in [0.1, 0.15) is 0 Å². The number of piperidine rings is 1. The molecule has 0 spiro atoms. The summed E-state index contributed by atoms with van der Waals surface area (Å²) < 4.78 is 0. The van der Waals surface area contributed by atoms with E-state index in [9.17, 15) is 9.90 Å². The third-order valence-corrected chi connectivity index (χ3v) is 5.25. The van der Waals surface area contributed by atoms with Gasteiger partial charge in [-0.2, -0.15) is 0 Å². The Bertz CT molecular complexity index is 765. The van der Waals surface area contributed by atoms with Crippen LogP contribution in [0, 0.1) is 0 Å². The first-order valence-corrected chi connectivity index (χ1v) is 9.35. The Labute approximate surface area is 154 Å². The highest BCUT2D eigenvalue weighted by molar-refractivity contribution is 5.86. The van der Waals surface area contributed by atoms with Crippen molar-refractivity contribution in [3.05, 3.63) is 54.6 Å². The van der Waals surface area contributed by atoms with Crippen LogP contribution in [0.1, 0.15) is 12.8 Å². The summed E-state index contributed by atoms with van der Waals surface area (Å²) in [7, 11) is 0. The molecule has 2 aliphatic rings. The van der Waals surface area contributed by atoms with E-state index < -0.39 is 0 Å². The van der Waals surface area contributed by atoms with Crippen molar-refractivity contribution in [2.45, 2.75) is 18.9 Å². The lowest BCUT2D eigenvalue weighted by Gasteiger charge is -2.40. The third kappa shape index (κ3) is 3.40. The second-order valence-electron chi connectivity index (χ2n) is 7.03. The number of para-hydroxylation sites is 3. The molecule has 5 heteroatoms. The van der Waals surface area contributed by atoms with Gasteiger partial charge in [0.25, 0.3) is 0 Å². The van der Waals surface area contributed by atoms with Gasteiger partial charge in [-0.05, 0) is 37.1 Å². The third-order valence-electron chi connectivity index (χ3n) is 5.25. The number of β-amino-alcohol motifs (C(OH)–C–C–N with tert-alkyl or cyclic N) is 1. The van der Waals surface area contributed by atoms with Gasteiger partial charge in [-0.3, -0.25) is 4.79 Å². The molecular weight excluding hydrogens is 326 g/mol. The molecule has 0 bridgehead atoms. The Kier molecular flexibility index (Phi) is 4.80. The number of nitrogens with zero attached hydrogens (tertiary/aromatic N) is 3. The van der Waals surface area contributed by atoms with Crippen molar-refractivity contribution >= 4 is 23.0 Å². The zero-order valence-corrected chi connectivity index (χ0v) is 14.9. The molecule has 1 N–H and O–H groups in total. The minimum atomic E-state index is -0.380. The summed E-state index contributed by atoms with van der Waals surface area (Å²) in [6, 6.07) is 18.6. The van der Waals surface area contributed by atoms with Crippen LogP contribution in [0.25, 0.3) is 0 Å². The molecule has 2 aromatic rings. The molecule has 136 valence electrons. The van der Waals surface area contributed by atoms with Gasteiger partial charge in [0.15, 0.2) is 0 Å². The highest BCUT2D eigenvalue weighted by Gasteiger charge is 2.28. The van der Waals surface area contributed by atoms with Crippen LogP contribution in [0.4, 0.5) is 17.1 Å². The molecule has 2 aliphatic heterocycles. The van der Waals surface area contributed by atoms with Crippen LogP contribution >= 0.6 is 0 Å². The van der Waals surface area contributed by atoms with Crippen molar-refractivity contribution < 1.29 is 9.90 Å². The zero-order valence-electron chi connectivity index (χ0n) is 14.9. The van der Waals surface area contributed by atoms with E-state index in [4.69, 9.17) is 0 Å². The smallest absolute Gasteiger partial charge is 0.242 e. The van der Waals surface area contributed by atoms with Gasteiger partial charge in [-0.1, -0.05) is 30.3 Å². The number of benzene rings is 2. The molecule has 1 unspecified atom stereocenters. The molecule has 0 saturated carbocycles. The Morgan fingerprint density at radius 1 is 0.962 bits per heavy atom. The predicted molar refractivity (Wildman–Crippen MR) is 104 cm³/mol. The van der Waals surface area contributed by atoms with E-state index >= 15 is 0 Å². The van der Waals surface area contributed by atoms with Crippen LogP contribution in [-0.2, 0) is 4.79 Å². The summed E-state index contributed by atoms with van der Waals surface area (Å²) in [4.78, 5) is 19.0. The number of carbonyl (C=O) groups excluding carboxylic acids is 1. The van der Waals surface area contributed by atoms with Gasteiger partial charge in [-0.15, -0.1) is 0 Å². The van der Waals surface area contributed by atoms with Crippen LogP contribution < -0.4 is 9.80 Å². The molecule has 5 nitrogen and oxygen atoms in total. The number of hydrogen-bond acceptors (Lipinski definition) is 4. The number of aliphatic hydroxyl groups excluding tert-OH is 1. The quantitative estimate of drug-likeness (QED) is 0.923. The largest absolute Gasteiger partial charge is 0.391 e. The summed E-state index contributed by atoms with van der Waals surface area (Å²) in [5.41, 5.74) is 3.40. The average Bonchev–Trinajstić information content (AvgIpc) is 2.69. The molecular formula is C21H25N3O2. The SMILES string of the molecule is O=C(CN1CCN(c2ccccc2)c2ccccc21)N1CCCC(O)C1. The Balaban J connectivity index is 1.54. The number of aliphatic hydroxyl groups is 1.